The summed E-state index contributed by atoms with van der Waals surface area (Å²) in [7, 11) is 0. The van der Waals surface area contributed by atoms with Crippen molar-refractivity contribution in [3.05, 3.63) is 0 Å². The second-order valence-corrected chi connectivity index (χ2v) is 5.07. The monoisotopic (exact) mass is 230 g/mol. The van der Waals surface area contributed by atoms with Gasteiger partial charge in [0.15, 0.2) is 0 Å². The average molecular weight is 230 g/mol. The molecule has 0 atom stereocenters. The molecule has 0 aliphatic carbocycles. The Morgan fingerprint density at radius 2 is 1.69 bits per heavy atom. The summed E-state index contributed by atoms with van der Waals surface area (Å²) in [5.74, 6) is -0.737. The predicted octanol–water partition coefficient (Wildman–Crippen LogP) is -0.150. The van der Waals surface area contributed by atoms with Crippen molar-refractivity contribution < 1.29 is 15.0 Å². The number of nitrogens with zero attached hydrogens (tertiary/aromatic N) is 2. The number of hydrogen-bond acceptors (Lipinski definition) is 4. The Morgan fingerprint density at radius 1 is 1.19 bits per heavy atom. The first-order valence-corrected chi connectivity index (χ1v) is 5.76. The van der Waals surface area contributed by atoms with Gasteiger partial charge in [0, 0.05) is 39.3 Å². The molecule has 1 heterocycles. The number of β-amino-alcohol motifs (C(OH)–C–C–N with tert-alkyl or cyclic N) is 1. The topological polar surface area (TPSA) is 64.0 Å². The molecule has 1 rings (SSSR count). The largest absolute Gasteiger partial charge is 0.481 e. The van der Waals surface area contributed by atoms with Crippen molar-refractivity contribution in [3.63, 3.8) is 0 Å². The summed E-state index contributed by atoms with van der Waals surface area (Å²) in [6.07, 6.45) is 0.214. The summed E-state index contributed by atoms with van der Waals surface area (Å²) in [5, 5.41) is 18.3. The van der Waals surface area contributed by atoms with Crippen LogP contribution in [0, 0.1) is 0 Å². The minimum atomic E-state index is -0.737. The smallest absolute Gasteiger partial charge is 0.304 e. The zero-order chi connectivity index (χ0) is 12.2. The Balaban J connectivity index is 2.21. The molecule has 2 N–H and O–H groups in total. The average Bonchev–Trinajstić information content (AvgIpc) is 2.14. The van der Waals surface area contributed by atoms with Crippen LogP contribution in [-0.2, 0) is 4.79 Å². The third kappa shape index (κ3) is 5.44. The molecule has 0 aromatic heterocycles. The third-order valence-electron chi connectivity index (χ3n) is 2.72. The van der Waals surface area contributed by atoms with Crippen molar-refractivity contribution in [2.75, 3.05) is 39.3 Å². The molecule has 5 heteroatoms. The Morgan fingerprint density at radius 3 is 2.12 bits per heavy atom. The highest BCUT2D eigenvalue weighted by molar-refractivity contribution is 5.66. The Labute approximate surface area is 96.7 Å². The molecule has 0 unspecified atom stereocenters. The maximum atomic E-state index is 10.4. The van der Waals surface area contributed by atoms with Gasteiger partial charge >= 0.3 is 5.97 Å². The summed E-state index contributed by atoms with van der Waals surface area (Å²) in [5.41, 5.74) is -0.650. The van der Waals surface area contributed by atoms with Crippen LogP contribution in [0.5, 0.6) is 0 Å². The first-order chi connectivity index (χ1) is 7.37. The van der Waals surface area contributed by atoms with Crippen molar-refractivity contribution in [2.45, 2.75) is 25.9 Å². The molecule has 1 aliphatic heterocycles. The van der Waals surface area contributed by atoms with Crippen molar-refractivity contribution in [3.8, 4) is 0 Å². The second kappa shape index (κ2) is 5.61. The molecule has 16 heavy (non-hydrogen) atoms. The molecular weight excluding hydrogens is 208 g/mol. The van der Waals surface area contributed by atoms with Gasteiger partial charge in [-0.3, -0.25) is 9.69 Å². The minimum Gasteiger partial charge on any atom is -0.481 e. The van der Waals surface area contributed by atoms with Crippen molar-refractivity contribution in [1.82, 2.24) is 9.80 Å². The van der Waals surface area contributed by atoms with E-state index in [2.05, 4.69) is 9.80 Å². The fraction of sp³-hybridized carbons (Fsp3) is 0.909. The number of carboxylic acids is 1. The van der Waals surface area contributed by atoms with E-state index in [0.717, 1.165) is 26.2 Å². The Hall–Kier alpha value is -0.650. The number of aliphatic hydroxyl groups is 1. The van der Waals surface area contributed by atoms with E-state index in [1.165, 1.54) is 0 Å². The van der Waals surface area contributed by atoms with Gasteiger partial charge in [0.2, 0.25) is 0 Å². The standard InChI is InChI=1S/C11H22N2O3/c1-11(2,16)9-13-7-5-12(6-8-13)4-3-10(14)15/h16H,3-9H2,1-2H3,(H,14,15). The first kappa shape index (κ1) is 13.4. The van der Waals surface area contributed by atoms with Crippen LogP contribution >= 0.6 is 0 Å². The number of aliphatic carboxylic acids is 1. The quantitative estimate of drug-likeness (QED) is 0.687. The van der Waals surface area contributed by atoms with Crippen LogP contribution in [0.15, 0.2) is 0 Å². The SMILES string of the molecule is CC(C)(O)CN1CCN(CCC(=O)O)CC1. The van der Waals surface area contributed by atoms with E-state index in [1.54, 1.807) is 0 Å². The van der Waals surface area contributed by atoms with E-state index in [-0.39, 0.29) is 6.42 Å². The fourth-order valence-electron chi connectivity index (χ4n) is 1.97. The zero-order valence-electron chi connectivity index (χ0n) is 10.1. The van der Waals surface area contributed by atoms with Crippen molar-refractivity contribution in [1.29, 1.82) is 0 Å². The number of rotatable bonds is 5. The van der Waals surface area contributed by atoms with Crippen LogP contribution < -0.4 is 0 Å². The van der Waals surface area contributed by atoms with E-state index in [9.17, 15) is 9.90 Å². The molecule has 0 aromatic rings. The minimum absolute atomic E-state index is 0.214. The summed E-state index contributed by atoms with van der Waals surface area (Å²) >= 11 is 0. The highest BCUT2D eigenvalue weighted by Gasteiger charge is 2.22. The van der Waals surface area contributed by atoms with Crippen LogP contribution in [0.1, 0.15) is 20.3 Å². The lowest BCUT2D eigenvalue weighted by Gasteiger charge is -2.37. The number of carbonyl (C=O) groups is 1. The molecule has 0 saturated carbocycles. The lowest BCUT2D eigenvalue weighted by atomic mass is 10.1. The predicted molar refractivity (Wildman–Crippen MR) is 61.4 cm³/mol. The summed E-state index contributed by atoms with van der Waals surface area (Å²) in [6, 6.07) is 0. The molecule has 1 aliphatic rings. The Kier molecular flexibility index (Phi) is 4.70. The van der Waals surface area contributed by atoms with Gasteiger partial charge in [-0.25, -0.2) is 0 Å². The molecule has 0 aromatic carbocycles. The summed E-state index contributed by atoms with van der Waals surface area (Å²) in [6.45, 7) is 8.53. The second-order valence-electron chi connectivity index (χ2n) is 5.07. The number of piperazine rings is 1. The van der Waals surface area contributed by atoms with E-state index in [1.807, 2.05) is 13.8 Å². The van der Waals surface area contributed by atoms with Crippen LogP contribution in [0.3, 0.4) is 0 Å². The molecule has 94 valence electrons. The fourth-order valence-corrected chi connectivity index (χ4v) is 1.97. The van der Waals surface area contributed by atoms with Crippen LogP contribution in [-0.4, -0.2) is 70.9 Å². The number of carboxylic acid groups (broad SMARTS) is 1. The molecule has 0 spiro atoms. The molecule has 0 amide bonds. The molecular formula is C11H22N2O3. The number of hydrogen-bond donors (Lipinski definition) is 2. The van der Waals surface area contributed by atoms with Gasteiger partial charge in [-0.2, -0.15) is 0 Å². The normalized spacial score (nSPS) is 19.9. The summed E-state index contributed by atoms with van der Waals surface area (Å²) < 4.78 is 0. The summed E-state index contributed by atoms with van der Waals surface area (Å²) in [4.78, 5) is 14.8. The van der Waals surface area contributed by atoms with Crippen LogP contribution in [0.25, 0.3) is 0 Å². The molecule has 0 bridgehead atoms. The van der Waals surface area contributed by atoms with Gasteiger partial charge in [-0.1, -0.05) is 0 Å². The van der Waals surface area contributed by atoms with E-state index < -0.39 is 11.6 Å². The highest BCUT2D eigenvalue weighted by Crippen LogP contribution is 2.08. The Bertz CT molecular complexity index is 230. The third-order valence-corrected chi connectivity index (χ3v) is 2.72. The molecule has 1 saturated heterocycles. The van der Waals surface area contributed by atoms with E-state index in [0.29, 0.717) is 13.1 Å². The van der Waals surface area contributed by atoms with Gasteiger partial charge in [0.25, 0.3) is 0 Å². The van der Waals surface area contributed by atoms with Crippen LogP contribution in [0.2, 0.25) is 0 Å². The van der Waals surface area contributed by atoms with Crippen LogP contribution in [0.4, 0.5) is 0 Å². The highest BCUT2D eigenvalue weighted by atomic mass is 16.4. The maximum absolute atomic E-state index is 10.4. The van der Waals surface area contributed by atoms with Crippen molar-refractivity contribution >= 4 is 5.97 Å². The molecule has 0 radical (unpaired) electrons. The maximum Gasteiger partial charge on any atom is 0.304 e. The van der Waals surface area contributed by atoms with Gasteiger partial charge in [-0.15, -0.1) is 0 Å². The lowest BCUT2D eigenvalue weighted by Crippen LogP contribution is -2.50. The molecule has 1 fully saturated rings. The zero-order valence-corrected chi connectivity index (χ0v) is 10.1. The van der Waals surface area contributed by atoms with E-state index >= 15 is 0 Å². The van der Waals surface area contributed by atoms with Gasteiger partial charge in [0.1, 0.15) is 0 Å². The van der Waals surface area contributed by atoms with E-state index in [4.69, 9.17) is 5.11 Å². The lowest BCUT2D eigenvalue weighted by molar-refractivity contribution is -0.137. The van der Waals surface area contributed by atoms with Crippen molar-refractivity contribution in [2.24, 2.45) is 0 Å². The first-order valence-electron chi connectivity index (χ1n) is 5.76. The van der Waals surface area contributed by atoms with Gasteiger partial charge in [-0.05, 0) is 13.8 Å². The molecule has 5 nitrogen and oxygen atoms in total. The van der Waals surface area contributed by atoms with Gasteiger partial charge < -0.3 is 15.1 Å². The van der Waals surface area contributed by atoms with Gasteiger partial charge in [0.05, 0.1) is 12.0 Å².